The average molecular weight is 396 g/mol. The molecule has 29 heavy (non-hydrogen) atoms. The Bertz CT molecular complexity index is 1000. The summed E-state index contributed by atoms with van der Waals surface area (Å²) in [7, 11) is 3.38. The van der Waals surface area contributed by atoms with E-state index >= 15 is 0 Å². The van der Waals surface area contributed by atoms with Crippen LogP contribution in [0, 0.1) is 5.82 Å². The van der Waals surface area contributed by atoms with Crippen molar-refractivity contribution in [1.29, 1.82) is 0 Å². The summed E-state index contributed by atoms with van der Waals surface area (Å²) in [5, 5.41) is 5.42. The number of methoxy groups -OCH3 is 1. The molecule has 0 radical (unpaired) electrons. The number of nitrogens with zero attached hydrogens (tertiary/aromatic N) is 2. The number of hydrogen-bond acceptors (Lipinski definition) is 4. The number of benzene rings is 2. The number of para-hydroxylation sites is 1. The Morgan fingerprint density at radius 3 is 2.55 bits per heavy atom. The van der Waals surface area contributed by atoms with Crippen LogP contribution in [0.3, 0.4) is 0 Å². The van der Waals surface area contributed by atoms with Gasteiger partial charge in [0.15, 0.2) is 0 Å². The predicted octanol–water partition coefficient (Wildman–Crippen LogP) is 2.20. The standard InChI is InChI=1S/C21H21FN4O3/c1-26-12-11-23-20(26)19(16-5-3-4-6-17(16)29-2)25-18(27)13-24-21(28)14-7-9-15(22)10-8-14/h3-12,19H,13H2,1-2H3,(H,24,28)(H,25,27). The minimum Gasteiger partial charge on any atom is -0.496 e. The van der Waals surface area contributed by atoms with Crippen LogP contribution in [-0.4, -0.2) is 35.0 Å². The van der Waals surface area contributed by atoms with E-state index in [4.69, 9.17) is 4.74 Å². The molecule has 0 aliphatic rings. The van der Waals surface area contributed by atoms with Gasteiger partial charge < -0.3 is 19.9 Å². The number of carbonyl (C=O) groups is 2. The number of ether oxygens (including phenoxy) is 1. The quantitative estimate of drug-likeness (QED) is 0.641. The number of hydrogen-bond donors (Lipinski definition) is 2. The second kappa shape index (κ2) is 9.01. The van der Waals surface area contributed by atoms with Crippen molar-refractivity contribution in [3.63, 3.8) is 0 Å². The van der Waals surface area contributed by atoms with E-state index in [-0.39, 0.29) is 12.1 Å². The highest BCUT2D eigenvalue weighted by Gasteiger charge is 2.24. The van der Waals surface area contributed by atoms with Crippen LogP contribution < -0.4 is 15.4 Å². The zero-order valence-electron chi connectivity index (χ0n) is 16.1. The van der Waals surface area contributed by atoms with Crippen LogP contribution in [0.2, 0.25) is 0 Å². The summed E-state index contributed by atoms with van der Waals surface area (Å²) in [6.45, 7) is -0.244. The first-order valence-electron chi connectivity index (χ1n) is 8.93. The molecule has 1 atom stereocenters. The lowest BCUT2D eigenvalue weighted by Crippen LogP contribution is -2.39. The second-order valence-electron chi connectivity index (χ2n) is 6.33. The molecule has 0 spiro atoms. The molecule has 0 saturated carbocycles. The molecular formula is C21H21FN4O3. The SMILES string of the molecule is COc1ccccc1C(NC(=O)CNC(=O)c1ccc(F)cc1)c1nccn1C. The third kappa shape index (κ3) is 4.78. The van der Waals surface area contributed by atoms with Gasteiger partial charge in [-0.1, -0.05) is 18.2 Å². The highest BCUT2D eigenvalue weighted by atomic mass is 19.1. The van der Waals surface area contributed by atoms with Gasteiger partial charge in [0.1, 0.15) is 23.4 Å². The first kappa shape index (κ1) is 20.1. The Hall–Kier alpha value is -3.68. The molecule has 0 fully saturated rings. The number of nitrogens with one attached hydrogen (secondary N) is 2. The minimum atomic E-state index is -0.568. The number of carbonyl (C=O) groups excluding carboxylic acids is 2. The summed E-state index contributed by atoms with van der Waals surface area (Å²) in [6.07, 6.45) is 3.42. The molecule has 2 aromatic carbocycles. The first-order valence-corrected chi connectivity index (χ1v) is 8.93. The van der Waals surface area contributed by atoms with Crippen LogP contribution in [-0.2, 0) is 11.8 Å². The molecule has 150 valence electrons. The smallest absolute Gasteiger partial charge is 0.251 e. The van der Waals surface area contributed by atoms with Crippen LogP contribution in [0.15, 0.2) is 60.9 Å². The van der Waals surface area contributed by atoms with Gasteiger partial charge in [0.05, 0.1) is 13.7 Å². The van der Waals surface area contributed by atoms with Crippen molar-refractivity contribution in [3.05, 3.63) is 83.7 Å². The van der Waals surface area contributed by atoms with Crippen LogP contribution >= 0.6 is 0 Å². The van der Waals surface area contributed by atoms with Gasteiger partial charge in [0, 0.05) is 30.6 Å². The summed E-state index contributed by atoms with van der Waals surface area (Å²) in [5.41, 5.74) is 1.01. The van der Waals surface area contributed by atoms with Gasteiger partial charge in [-0.3, -0.25) is 9.59 Å². The van der Waals surface area contributed by atoms with E-state index in [1.807, 2.05) is 25.2 Å². The van der Waals surface area contributed by atoms with Gasteiger partial charge in [-0.15, -0.1) is 0 Å². The van der Waals surface area contributed by atoms with E-state index in [1.54, 1.807) is 30.1 Å². The maximum atomic E-state index is 13.0. The summed E-state index contributed by atoms with van der Waals surface area (Å²) >= 11 is 0. The van der Waals surface area contributed by atoms with Crippen LogP contribution in [0.5, 0.6) is 5.75 Å². The van der Waals surface area contributed by atoms with Crippen molar-refractivity contribution in [2.24, 2.45) is 7.05 Å². The molecule has 0 bridgehead atoms. The Morgan fingerprint density at radius 2 is 1.90 bits per heavy atom. The van der Waals surface area contributed by atoms with E-state index in [2.05, 4.69) is 15.6 Å². The third-order valence-corrected chi connectivity index (χ3v) is 4.39. The summed E-state index contributed by atoms with van der Waals surface area (Å²) in [6, 6.07) is 11.8. The summed E-state index contributed by atoms with van der Waals surface area (Å²) < 4.78 is 20.2. The van der Waals surface area contributed by atoms with E-state index in [9.17, 15) is 14.0 Å². The fourth-order valence-corrected chi connectivity index (χ4v) is 2.92. The van der Waals surface area contributed by atoms with Gasteiger partial charge in [0.2, 0.25) is 5.91 Å². The zero-order valence-corrected chi connectivity index (χ0v) is 16.1. The van der Waals surface area contributed by atoms with E-state index in [1.165, 1.54) is 24.3 Å². The van der Waals surface area contributed by atoms with Gasteiger partial charge in [0.25, 0.3) is 5.91 Å². The maximum Gasteiger partial charge on any atom is 0.251 e. The van der Waals surface area contributed by atoms with Crippen molar-refractivity contribution in [1.82, 2.24) is 20.2 Å². The Morgan fingerprint density at radius 1 is 1.17 bits per heavy atom. The number of amides is 2. The fraction of sp³-hybridized carbons (Fsp3) is 0.190. The normalized spacial score (nSPS) is 11.6. The number of halogens is 1. The lowest BCUT2D eigenvalue weighted by molar-refractivity contribution is -0.120. The topological polar surface area (TPSA) is 85.2 Å². The first-order chi connectivity index (χ1) is 14.0. The molecule has 3 rings (SSSR count). The van der Waals surface area contributed by atoms with Crippen molar-refractivity contribution in [2.45, 2.75) is 6.04 Å². The molecule has 0 aliphatic carbocycles. The Labute approximate surface area is 167 Å². The largest absolute Gasteiger partial charge is 0.496 e. The molecule has 2 amide bonds. The van der Waals surface area contributed by atoms with E-state index < -0.39 is 23.7 Å². The van der Waals surface area contributed by atoms with Crippen molar-refractivity contribution in [2.75, 3.05) is 13.7 Å². The molecule has 1 unspecified atom stereocenters. The number of rotatable bonds is 7. The number of aromatic nitrogens is 2. The van der Waals surface area contributed by atoms with Crippen LogP contribution in [0.4, 0.5) is 4.39 Å². The highest BCUT2D eigenvalue weighted by Crippen LogP contribution is 2.28. The molecule has 1 heterocycles. The Kier molecular flexibility index (Phi) is 6.23. The molecule has 2 N–H and O–H groups in total. The highest BCUT2D eigenvalue weighted by molar-refractivity contribution is 5.96. The molecule has 0 aliphatic heterocycles. The van der Waals surface area contributed by atoms with Crippen LogP contribution in [0.1, 0.15) is 27.8 Å². The lowest BCUT2D eigenvalue weighted by atomic mass is 10.0. The predicted molar refractivity (Wildman–Crippen MR) is 105 cm³/mol. The summed E-state index contributed by atoms with van der Waals surface area (Å²) in [5.74, 6) is -0.0804. The molecule has 7 nitrogen and oxygen atoms in total. The van der Waals surface area contributed by atoms with Crippen molar-refractivity contribution < 1.29 is 18.7 Å². The molecule has 3 aromatic rings. The summed E-state index contributed by atoms with van der Waals surface area (Å²) in [4.78, 5) is 29.1. The second-order valence-corrected chi connectivity index (χ2v) is 6.33. The maximum absolute atomic E-state index is 13.0. The van der Waals surface area contributed by atoms with Gasteiger partial charge in [-0.05, 0) is 30.3 Å². The number of imidazole rings is 1. The third-order valence-electron chi connectivity index (χ3n) is 4.39. The molecule has 1 aromatic heterocycles. The molecule has 8 heteroatoms. The lowest BCUT2D eigenvalue weighted by Gasteiger charge is -2.21. The Balaban J connectivity index is 1.74. The monoisotopic (exact) mass is 396 g/mol. The van der Waals surface area contributed by atoms with Gasteiger partial charge in [-0.2, -0.15) is 0 Å². The van der Waals surface area contributed by atoms with Gasteiger partial charge in [-0.25, -0.2) is 9.37 Å². The van der Waals surface area contributed by atoms with Crippen LogP contribution in [0.25, 0.3) is 0 Å². The molecule has 0 saturated heterocycles. The van der Waals surface area contributed by atoms with Crippen molar-refractivity contribution in [3.8, 4) is 5.75 Å². The van der Waals surface area contributed by atoms with Gasteiger partial charge >= 0.3 is 0 Å². The average Bonchev–Trinajstić information content (AvgIpc) is 3.16. The fourth-order valence-electron chi connectivity index (χ4n) is 2.92. The van der Waals surface area contributed by atoms with Crippen molar-refractivity contribution >= 4 is 11.8 Å². The molecular weight excluding hydrogens is 375 g/mol. The van der Waals surface area contributed by atoms with E-state index in [0.717, 1.165) is 5.56 Å². The number of aryl methyl sites for hydroxylation is 1. The zero-order chi connectivity index (χ0) is 20.8. The van der Waals surface area contributed by atoms with E-state index in [0.29, 0.717) is 11.6 Å². The minimum absolute atomic E-state index is 0.244.